The third-order valence-electron chi connectivity index (χ3n) is 6.55. The van der Waals surface area contributed by atoms with Crippen molar-refractivity contribution < 1.29 is 14.6 Å². The first-order chi connectivity index (χ1) is 17.5. The third kappa shape index (κ3) is 4.44. The number of ether oxygens (including phenoxy) is 1. The van der Waals surface area contributed by atoms with Crippen molar-refractivity contribution in [3.63, 3.8) is 0 Å². The van der Waals surface area contributed by atoms with E-state index in [9.17, 15) is 9.90 Å². The zero-order valence-electron chi connectivity index (χ0n) is 20.3. The van der Waals surface area contributed by atoms with Crippen molar-refractivity contribution in [2.45, 2.75) is 39.2 Å². The van der Waals surface area contributed by atoms with Crippen molar-refractivity contribution >= 4 is 17.5 Å². The van der Waals surface area contributed by atoms with Gasteiger partial charge in [-0.05, 0) is 60.9 Å². The fourth-order valence-electron chi connectivity index (χ4n) is 4.74. The topological polar surface area (TPSA) is 78.5 Å². The first-order valence-corrected chi connectivity index (χ1v) is 12.6. The number of fused-ring (bicyclic) bond motifs is 1. The van der Waals surface area contributed by atoms with Crippen molar-refractivity contribution in [3.8, 4) is 28.5 Å². The highest BCUT2D eigenvalue weighted by atomic mass is 35.5. The van der Waals surface area contributed by atoms with Crippen LogP contribution in [0.15, 0.2) is 66.7 Å². The maximum Gasteiger partial charge on any atom is 0.273 e. The van der Waals surface area contributed by atoms with E-state index in [-0.39, 0.29) is 17.7 Å². The predicted molar refractivity (Wildman–Crippen MR) is 141 cm³/mol. The Morgan fingerprint density at radius 3 is 2.61 bits per heavy atom. The van der Waals surface area contributed by atoms with E-state index in [1.165, 1.54) is 0 Å². The number of unbranched alkanes of at least 4 members (excludes halogenated alkanes) is 2. The van der Waals surface area contributed by atoms with Crippen molar-refractivity contribution in [1.82, 2.24) is 15.1 Å². The smallest absolute Gasteiger partial charge is 0.273 e. The minimum Gasteiger partial charge on any atom is -0.507 e. The number of H-pyrrole nitrogens is 1. The van der Waals surface area contributed by atoms with E-state index < -0.39 is 0 Å². The number of para-hydroxylation sites is 1. The summed E-state index contributed by atoms with van der Waals surface area (Å²) in [5.74, 6) is 1.39. The lowest BCUT2D eigenvalue weighted by Gasteiger charge is -2.27. The average molecular weight is 502 g/mol. The van der Waals surface area contributed by atoms with Crippen LogP contribution in [0.3, 0.4) is 0 Å². The molecular weight excluding hydrogens is 474 g/mol. The first kappa shape index (κ1) is 23.9. The zero-order chi connectivity index (χ0) is 25.2. The number of hydrogen-bond donors (Lipinski definition) is 2. The van der Waals surface area contributed by atoms with Gasteiger partial charge in [-0.25, -0.2) is 0 Å². The second kappa shape index (κ2) is 10.1. The monoisotopic (exact) mass is 501 g/mol. The SMILES string of the molecule is CCCCCN1C(=O)c2[nH]nc(-c3cc(Cl)c(C)cc3O)c2C1c1cccc(Oc2ccccc2)c1. The van der Waals surface area contributed by atoms with Crippen LogP contribution in [0.1, 0.15) is 59.4 Å². The molecule has 2 N–H and O–H groups in total. The number of carbonyl (C=O) groups is 1. The number of carbonyl (C=O) groups excluding carboxylic acids is 1. The van der Waals surface area contributed by atoms with Gasteiger partial charge in [-0.2, -0.15) is 5.10 Å². The second-order valence-corrected chi connectivity index (χ2v) is 9.48. The molecule has 1 amide bonds. The Balaban J connectivity index is 1.60. The Hall–Kier alpha value is -3.77. The number of phenolic OH excluding ortho intramolecular Hbond substituents is 1. The minimum atomic E-state index is -0.378. The molecule has 0 spiro atoms. The molecule has 184 valence electrons. The Morgan fingerprint density at radius 1 is 1.06 bits per heavy atom. The summed E-state index contributed by atoms with van der Waals surface area (Å²) in [7, 11) is 0. The van der Waals surface area contributed by atoms with Gasteiger partial charge in [-0.1, -0.05) is 61.7 Å². The molecule has 0 bridgehead atoms. The molecule has 3 aromatic carbocycles. The zero-order valence-corrected chi connectivity index (χ0v) is 21.0. The van der Waals surface area contributed by atoms with Gasteiger partial charge in [-0.3, -0.25) is 9.89 Å². The molecule has 0 saturated carbocycles. The number of halogens is 1. The lowest BCUT2D eigenvalue weighted by Crippen LogP contribution is -2.30. The molecule has 1 unspecified atom stereocenters. The van der Waals surface area contributed by atoms with Gasteiger partial charge in [-0.15, -0.1) is 0 Å². The molecule has 1 atom stereocenters. The van der Waals surface area contributed by atoms with Crippen LogP contribution < -0.4 is 4.74 Å². The summed E-state index contributed by atoms with van der Waals surface area (Å²) >= 11 is 6.40. The number of rotatable bonds is 8. The summed E-state index contributed by atoms with van der Waals surface area (Å²) in [6.45, 7) is 4.59. The molecule has 4 aromatic rings. The summed E-state index contributed by atoms with van der Waals surface area (Å²) < 4.78 is 6.09. The van der Waals surface area contributed by atoms with Crippen molar-refractivity contribution in [2.24, 2.45) is 0 Å². The molecule has 0 fully saturated rings. The van der Waals surface area contributed by atoms with Gasteiger partial charge >= 0.3 is 0 Å². The van der Waals surface area contributed by atoms with Crippen molar-refractivity contribution in [3.05, 3.63) is 94.1 Å². The predicted octanol–water partition coefficient (Wildman–Crippen LogP) is 7.27. The van der Waals surface area contributed by atoms with Gasteiger partial charge in [0.2, 0.25) is 0 Å². The van der Waals surface area contributed by atoms with E-state index in [0.717, 1.165) is 41.7 Å². The van der Waals surface area contributed by atoms with Crippen molar-refractivity contribution in [2.75, 3.05) is 6.54 Å². The summed E-state index contributed by atoms with van der Waals surface area (Å²) in [5, 5.41) is 18.7. The number of phenols is 1. The van der Waals surface area contributed by atoms with Gasteiger partial charge in [0, 0.05) is 22.7 Å². The number of hydrogen-bond acceptors (Lipinski definition) is 4. The van der Waals surface area contributed by atoms with Crippen LogP contribution in [0, 0.1) is 6.92 Å². The molecule has 0 saturated heterocycles. The van der Waals surface area contributed by atoms with Crippen LogP contribution >= 0.6 is 11.6 Å². The van der Waals surface area contributed by atoms with Gasteiger partial charge in [0.15, 0.2) is 0 Å². The number of amides is 1. The number of nitrogens with one attached hydrogen (secondary N) is 1. The van der Waals surface area contributed by atoms with E-state index in [2.05, 4.69) is 17.1 Å². The van der Waals surface area contributed by atoms with Crippen LogP contribution in [-0.2, 0) is 0 Å². The van der Waals surface area contributed by atoms with Crippen molar-refractivity contribution in [1.29, 1.82) is 0 Å². The number of aromatic hydroxyl groups is 1. The van der Waals surface area contributed by atoms with E-state index in [1.807, 2.05) is 66.4 Å². The molecule has 5 rings (SSSR count). The van der Waals surface area contributed by atoms with E-state index in [4.69, 9.17) is 16.3 Å². The second-order valence-electron chi connectivity index (χ2n) is 9.08. The van der Waals surface area contributed by atoms with Gasteiger partial charge in [0.05, 0.1) is 6.04 Å². The number of aryl methyl sites for hydroxylation is 1. The molecule has 1 aliphatic rings. The molecule has 1 aliphatic heterocycles. The Kier molecular flexibility index (Phi) is 6.70. The number of aromatic amines is 1. The normalized spacial score (nSPS) is 14.8. The molecule has 2 heterocycles. The minimum absolute atomic E-state index is 0.0722. The highest BCUT2D eigenvalue weighted by Crippen LogP contribution is 2.46. The number of nitrogens with zero attached hydrogens (tertiary/aromatic N) is 2. The average Bonchev–Trinajstić information content (AvgIpc) is 3.41. The van der Waals surface area contributed by atoms with Crippen LogP contribution in [-0.4, -0.2) is 32.7 Å². The van der Waals surface area contributed by atoms with Crippen LogP contribution in [0.5, 0.6) is 17.2 Å². The summed E-state index contributed by atoms with van der Waals surface area (Å²) in [6, 6.07) is 20.3. The highest BCUT2D eigenvalue weighted by molar-refractivity contribution is 6.31. The summed E-state index contributed by atoms with van der Waals surface area (Å²) in [6.07, 6.45) is 2.98. The number of aromatic nitrogens is 2. The van der Waals surface area contributed by atoms with Gasteiger partial charge in [0.25, 0.3) is 5.91 Å². The number of benzene rings is 3. The van der Waals surface area contributed by atoms with E-state index in [0.29, 0.717) is 34.3 Å². The first-order valence-electron chi connectivity index (χ1n) is 12.2. The Bertz CT molecular complexity index is 1400. The molecular formula is C29H28ClN3O3. The van der Waals surface area contributed by atoms with E-state index in [1.54, 1.807) is 12.1 Å². The third-order valence-corrected chi connectivity index (χ3v) is 6.96. The Labute approximate surface area is 215 Å². The largest absolute Gasteiger partial charge is 0.507 e. The van der Waals surface area contributed by atoms with Crippen LogP contribution in [0.25, 0.3) is 11.3 Å². The highest BCUT2D eigenvalue weighted by Gasteiger charge is 2.42. The molecule has 7 heteroatoms. The lowest BCUT2D eigenvalue weighted by atomic mass is 9.95. The molecule has 36 heavy (non-hydrogen) atoms. The lowest BCUT2D eigenvalue weighted by molar-refractivity contribution is 0.0740. The fourth-order valence-corrected chi connectivity index (χ4v) is 4.90. The fraction of sp³-hybridized carbons (Fsp3) is 0.241. The summed E-state index contributed by atoms with van der Waals surface area (Å²) in [4.78, 5) is 15.4. The van der Waals surface area contributed by atoms with Gasteiger partial charge in [0.1, 0.15) is 28.6 Å². The van der Waals surface area contributed by atoms with E-state index >= 15 is 0 Å². The van der Waals surface area contributed by atoms with Crippen LogP contribution in [0.4, 0.5) is 0 Å². The molecule has 1 aromatic heterocycles. The molecule has 0 radical (unpaired) electrons. The molecule has 0 aliphatic carbocycles. The standard InChI is InChI=1S/C29H28ClN3O3/c1-3-4-8-14-33-28(19-10-9-13-21(16-19)36-20-11-6-5-7-12-20)25-26(31-32-27(25)29(33)35)22-17-23(30)18(2)15-24(22)34/h5-7,9-13,15-17,28,34H,3-4,8,14H2,1-2H3,(H,31,32). The maximum atomic E-state index is 13.5. The quantitative estimate of drug-likeness (QED) is 0.249. The maximum absolute atomic E-state index is 13.5. The summed E-state index contributed by atoms with van der Waals surface area (Å²) in [5.41, 5.74) is 3.88. The van der Waals surface area contributed by atoms with Crippen LogP contribution in [0.2, 0.25) is 5.02 Å². The molecule has 6 nitrogen and oxygen atoms in total. The Morgan fingerprint density at radius 2 is 1.83 bits per heavy atom. The van der Waals surface area contributed by atoms with Gasteiger partial charge < -0.3 is 14.7 Å².